The predicted octanol–water partition coefficient (Wildman–Crippen LogP) is 3.84. The molecular weight excluding hydrogens is 389 g/mol. The molecule has 0 spiro atoms. The highest BCUT2D eigenvalue weighted by molar-refractivity contribution is 14.1. The van der Waals surface area contributed by atoms with Crippen LogP contribution < -0.4 is 0 Å². The fourth-order valence-electron chi connectivity index (χ4n) is 2.20. The lowest BCUT2D eigenvalue weighted by atomic mass is 10.1. The summed E-state index contributed by atoms with van der Waals surface area (Å²) in [7, 11) is 0. The molecule has 0 bridgehead atoms. The van der Waals surface area contributed by atoms with Gasteiger partial charge in [0.2, 0.25) is 0 Å². The van der Waals surface area contributed by atoms with Gasteiger partial charge >= 0.3 is 0 Å². The van der Waals surface area contributed by atoms with Gasteiger partial charge in [0.1, 0.15) is 5.84 Å². The monoisotopic (exact) mass is 405 g/mol. The van der Waals surface area contributed by atoms with Crippen LogP contribution in [0, 0.1) is 0 Å². The Kier molecular flexibility index (Phi) is 5.07. The van der Waals surface area contributed by atoms with Crippen LogP contribution in [0.3, 0.4) is 0 Å². The van der Waals surface area contributed by atoms with Gasteiger partial charge in [0.15, 0.2) is 5.84 Å². The molecule has 0 unspecified atom stereocenters. The molecule has 112 valence electrons. The number of amides is 1. The fraction of sp³-hybridized carbons (Fsp3) is 0.118. The smallest absolute Gasteiger partial charge is 0.271 e. The first kappa shape index (κ1) is 16.4. The van der Waals surface area contributed by atoms with Crippen molar-refractivity contribution in [2.24, 2.45) is 9.98 Å². The van der Waals surface area contributed by atoms with Crippen LogP contribution >= 0.6 is 22.6 Å². The van der Waals surface area contributed by atoms with Crippen molar-refractivity contribution in [2.75, 3.05) is 0 Å². The molecule has 0 fully saturated rings. The molecule has 4 nitrogen and oxygen atoms in total. The van der Waals surface area contributed by atoms with Crippen molar-refractivity contribution in [2.45, 2.75) is 14.0 Å². The Morgan fingerprint density at radius 2 is 2.14 bits per heavy atom. The number of fused-ring (bicyclic) bond motifs is 2. The average Bonchev–Trinajstić information content (AvgIpc) is 2.63. The van der Waals surface area contributed by atoms with E-state index in [4.69, 9.17) is 0 Å². The Hall–Kier alpha value is -2.02. The van der Waals surface area contributed by atoms with Gasteiger partial charge in [0, 0.05) is 21.9 Å². The summed E-state index contributed by atoms with van der Waals surface area (Å²) >= 11 is 2.27. The summed E-state index contributed by atoms with van der Waals surface area (Å²) < 4.78 is 1.13. The van der Waals surface area contributed by atoms with Gasteiger partial charge in [-0.1, -0.05) is 38.3 Å². The largest absolute Gasteiger partial charge is 0.327 e. The third-order valence-electron chi connectivity index (χ3n) is 3.18. The van der Waals surface area contributed by atoms with Crippen molar-refractivity contribution >= 4 is 40.2 Å². The van der Waals surface area contributed by atoms with Crippen LogP contribution in [0.15, 0.2) is 68.8 Å². The number of hydrogen-bond acceptors (Lipinski definition) is 2. The lowest BCUT2D eigenvalue weighted by Gasteiger charge is -2.21. The van der Waals surface area contributed by atoms with Crippen molar-refractivity contribution in [1.29, 1.82) is 0 Å². The van der Waals surface area contributed by atoms with Crippen molar-refractivity contribution in [3.8, 4) is 0 Å². The van der Waals surface area contributed by atoms with Crippen LogP contribution in [0.25, 0.3) is 0 Å². The normalized spacial score (nSPS) is 17.5. The minimum absolute atomic E-state index is 0. The molecule has 0 aromatic heterocycles. The van der Waals surface area contributed by atoms with Gasteiger partial charge in [0.25, 0.3) is 5.91 Å². The van der Waals surface area contributed by atoms with Gasteiger partial charge in [-0.3, -0.25) is 4.79 Å². The van der Waals surface area contributed by atoms with Gasteiger partial charge < -0.3 is 4.90 Å². The summed E-state index contributed by atoms with van der Waals surface area (Å²) in [5, 5.41) is 0. The lowest BCUT2D eigenvalue weighted by molar-refractivity contribution is -0.113. The quantitative estimate of drug-likeness (QED) is 0.527. The molecule has 2 heterocycles. The molecule has 1 aromatic carbocycles. The number of allylic oxidation sites excluding steroid dienone is 2. The lowest BCUT2D eigenvalue weighted by Crippen LogP contribution is -2.24. The van der Waals surface area contributed by atoms with E-state index in [1.807, 2.05) is 42.6 Å². The number of nitrogens with zero attached hydrogens (tertiary/aromatic N) is 3. The van der Waals surface area contributed by atoms with E-state index in [9.17, 15) is 4.79 Å². The summed E-state index contributed by atoms with van der Waals surface area (Å²) in [5.41, 5.74) is 1.97. The molecular formula is C17H16IN3O. The maximum Gasteiger partial charge on any atom is 0.271 e. The minimum Gasteiger partial charge on any atom is -0.327 e. The number of aliphatic imine (C=N–C) groups is 2. The Bertz CT molecular complexity index is 744. The second kappa shape index (κ2) is 6.83. The zero-order valence-corrected chi connectivity index (χ0v) is 13.3. The summed E-state index contributed by atoms with van der Waals surface area (Å²) in [6, 6.07) is 7.87. The minimum atomic E-state index is -0.387. The molecule has 1 amide bonds. The van der Waals surface area contributed by atoms with Crippen LogP contribution in [0.1, 0.15) is 18.6 Å². The van der Waals surface area contributed by atoms with Crippen LogP contribution in [-0.2, 0) is 11.3 Å². The van der Waals surface area contributed by atoms with Crippen molar-refractivity contribution in [1.82, 2.24) is 4.90 Å². The maximum atomic E-state index is 11.6. The third-order valence-corrected chi connectivity index (χ3v) is 3.81. The molecule has 1 aromatic rings. The van der Waals surface area contributed by atoms with Gasteiger partial charge in [0.05, 0.1) is 0 Å². The molecule has 0 atom stereocenters. The van der Waals surface area contributed by atoms with E-state index in [0.717, 1.165) is 20.5 Å². The highest BCUT2D eigenvalue weighted by Gasteiger charge is 2.21. The predicted molar refractivity (Wildman–Crippen MR) is 99.1 cm³/mol. The molecule has 5 heteroatoms. The molecule has 0 N–H and O–H groups in total. The van der Waals surface area contributed by atoms with Crippen molar-refractivity contribution in [3.05, 3.63) is 70.0 Å². The van der Waals surface area contributed by atoms with Crippen LogP contribution in [-0.4, -0.2) is 22.5 Å². The van der Waals surface area contributed by atoms with Gasteiger partial charge in [-0.25, -0.2) is 4.99 Å². The molecule has 0 aliphatic carbocycles. The number of carbonyl (C=O) groups excluding carboxylic acids is 1. The van der Waals surface area contributed by atoms with Gasteiger partial charge in [-0.15, -0.1) is 0 Å². The Labute approximate surface area is 143 Å². The molecule has 2 aliphatic rings. The molecule has 22 heavy (non-hydrogen) atoms. The second-order valence-electron chi connectivity index (χ2n) is 4.58. The standard InChI is InChI=1S/C16H12IN3O.CH4/c1-2-15(21)19-16-13-6-4-3-5-11(13)9-20-10-12(17)7-8-14(20)18-16;/h2-8,10H,1,9H2;1H4. The Morgan fingerprint density at radius 3 is 2.91 bits per heavy atom. The van der Waals surface area contributed by atoms with Gasteiger partial charge in [-0.05, 0) is 46.4 Å². The zero-order valence-electron chi connectivity index (χ0n) is 11.2. The summed E-state index contributed by atoms with van der Waals surface area (Å²) in [6.07, 6.45) is 7.15. The van der Waals surface area contributed by atoms with E-state index in [1.165, 1.54) is 6.08 Å². The molecule has 0 saturated heterocycles. The van der Waals surface area contributed by atoms with E-state index >= 15 is 0 Å². The highest BCUT2D eigenvalue weighted by atomic mass is 127. The van der Waals surface area contributed by atoms with E-state index in [2.05, 4.69) is 44.1 Å². The first-order chi connectivity index (χ1) is 10.2. The van der Waals surface area contributed by atoms with Crippen molar-refractivity contribution in [3.63, 3.8) is 0 Å². The van der Waals surface area contributed by atoms with E-state index in [0.29, 0.717) is 12.4 Å². The number of rotatable bonds is 1. The van der Waals surface area contributed by atoms with Crippen molar-refractivity contribution < 1.29 is 4.79 Å². The number of halogens is 1. The highest BCUT2D eigenvalue weighted by Crippen LogP contribution is 2.23. The summed E-state index contributed by atoms with van der Waals surface area (Å²) in [5.74, 6) is 0.827. The van der Waals surface area contributed by atoms with Crippen LogP contribution in [0.2, 0.25) is 0 Å². The molecule has 3 rings (SSSR count). The summed E-state index contributed by atoms with van der Waals surface area (Å²) in [4.78, 5) is 22.3. The van der Waals surface area contributed by atoms with E-state index in [1.54, 1.807) is 0 Å². The number of carbonyl (C=O) groups is 1. The first-order valence-corrected chi connectivity index (χ1v) is 7.49. The fourth-order valence-corrected chi connectivity index (χ4v) is 2.72. The topological polar surface area (TPSA) is 45.0 Å². The SMILES string of the molecule is C.C=CC(=O)N=C1N=C2C=CC(I)=CN2Cc2ccccc21. The first-order valence-electron chi connectivity index (χ1n) is 6.41. The summed E-state index contributed by atoms with van der Waals surface area (Å²) in [6.45, 7) is 4.16. The van der Waals surface area contributed by atoms with Crippen LogP contribution in [0.4, 0.5) is 0 Å². The zero-order chi connectivity index (χ0) is 14.8. The Morgan fingerprint density at radius 1 is 1.36 bits per heavy atom. The molecule has 2 aliphatic heterocycles. The average molecular weight is 405 g/mol. The van der Waals surface area contributed by atoms with E-state index < -0.39 is 0 Å². The number of benzene rings is 1. The van der Waals surface area contributed by atoms with E-state index in [-0.39, 0.29) is 13.3 Å². The van der Waals surface area contributed by atoms with Gasteiger partial charge in [-0.2, -0.15) is 4.99 Å². The number of amidine groups is 2. The molecule has 0 saturated carbocycles. The van der Waals surface area contributed by atoms with Crippen LogP contribution in [0.5, 0.6) is 0 Å². The Balaban J connectivity index is 0.00000176. The maximum absolute atomic E-state index is 11.6. The molecule has 0 radical (unpaired) electrons. The third kappa shape index (κ3) is 3.24. The number of hydrogen-bond donors (Lipinski definition) is 0. The second-order valence-corrected chi connectivity index (χ2v) is 5.83.